The predicted molar refractivity (Wildman–Crippen MR) is 73.7 cm³/mol. The lowest BCUT2D eigenvalue weighted by atomic mass is 10.3. The highest BCUT2D eigenvalue weighted by Crippen LogP contribution is 2.17. The first kappa shape index (κ1) is 13.4. The summed E-state index contributed by atoms with van der Waals surface area (Å²) in [5.41, 5.74) is 1.15. The Kier molecular flexibility index (Phi) is 3.72. The van der Waals surface area contributed by atoms with Crippen molar-refractivity contribution in [3.05, 3.63) is 42.1 Å². The van der Waals surface area contributed by atoms with Gasteiger partial charge in [-0.25, -0.2) is 4.98 Å². The molecule has 0 radical (unpaired) electrons. The third-order valence-electron chi connectivity index (χ3n) is 3.27. The van der Waals surface area contributed by atoms with E-state index >= 15 is 0 Å². The Labute approximate surface area is 122 Å². The van der Waals surface area contributed by atoms with Gasteiger partial charge in [0.1, 0.15) is 11.8 Å². The number of hydrogen-bond acceptors (Lipinski definition) is 6. The fourth-order valence-electron chi connectivity index (χ4n) is 2.19. The van der Waals surface area contributed by atoms with Crippen molar-refractivity contribution in [3.63, 3.8) is 0 Å². The lowest BCUT2D eigenvalue weighted by Gasteiger charge is -2.16. The maximum Gasteiger partial charge on any atom is 0.274 e. The number of aryl methyl sites for hydroxylation is 1. The first-order valence-electron chi connectivity index (χ1n) is 6.74. The second-order valence-electron chi connectivity index (χ2n) is 4.88. The van der Waals surface area contributed by atoms with Crippen LogP contribution in [0.5, 0.6) is 5.88 Å². The second kappa shape index (κ2) is 5.82. The molecule has 0 unspecified atom stereocenters. The van der Waals surface area contributed by atoms with E-state index in [1.54, 1.807) is 29.4 Å². The van der Waals surface area contributed by atoms with Crippen LogP contribution in [0.4, 0.5) is 0 Å². The largest absolute Gasteiger partial charge is 0.471 e. The molecular formula is C14H15N5O2. The molecule has 1 aliphatic heterocycles. The van der Waals surface area contributed by atoms with Crippen molar-refractivity contribution in [1.82, 2.24) is 25.1 Å². The van der Waals surface area contributed by atoms with Crippen molar-refractivity contribution in [1.29, 1.82) is 0 Å². The summed E-state index contributed by atoms with van der Waals surface area (Å²) in [6, 6.07) is 3.52. The van der Waals surface area contributed by atoms with E-state index in [2.05, 4.69) is 20.2 Å². The summed E-state index contributed by atoms with van der Waals surface area (Å²) in [6.45, 7) is 2.99. The van der Waals surface area contributed by atoms with E-state index in [4.69, 9.17) is 4.74 Å². The van der Waals surface area contributed by atoms with Crippen LogP contribution < -0.4 is 4.74 Å². The van der Waals surface area contributed by atoms with Gasteiger partial charge in [-0.05, 0) is 13.0 Å². The maximum absolute atomic E-state index is 12.3. The van der Waals surface area contributed by atoms with E-state index in [-0.39, 0.29) is 12.0 Å². The fraction of sp³-hybridized carbons (Fsp3) is 0.357. The molecule has 2 aromatic rings. The van der Waals surface area contributed by atoms with Gasteiger partial charge in [0.2, 0.25) is 5.88 Å². The third-order valence-corrected chi connectivity index (χ3v) is 3.27. The fourth-order valence-corrected chi connectivity index (χ4v) is 2.19. The van der Waals surface area contributed by atoms with Gasteiger partial charge in [-0.2, -0.15) is 5.10 Å². The summed E-state index contributed by atoms with van der Waals surface area (Å²) >= 11 is 0. The molecule has 7 heteroatoms. The molecule has 0 N–H and O–H groups in total. The molecule has 0 aliphatic carbocycles. The summed E-state index contributed by atoms with van der Waals surface area (Å²) in [4.78, 5) is 22.2. The van der Waals surface area contributed by atoms with Gasteiger partial charge in [0.15, 0.2) is 0 Å². The van der Waals surface area contributed by atoms with Crippen LogP contribution in [0.25, 0.3) is 0 Å². The number of carbonyl (C=O) groups excluding carboxylic acids is 1. The SMILES string of the molecule is Cc1cnc(C(=O)N2CC[C@@H](Oc3cccnn3)C2)cn1. The van der Waals surface area contributed by atoms with Gasteiger partial charge in [0.25, 0.3) is 5.91 Å². The van der Waals surface area contributed by atoms with Crippen molar-refractivity contribution < 1.29 is 9.53 Å². The molecule has 7 nitrogen and oxygen atoms in total. The van der Waals surface area contributed by atoms with Gasteiger partial charge in [-0.3, -0.25) is 9.78 Å². The Morgan fingerprint density at radius 3 is 3.00 bits per heavy atom. The highest BCUT2D eigenvalue weighted by atomic mass is 16.5. The molecule has 1 amide bonds. The van der Waals surface area contributed by atoms with Crippen molar-refractivity contribution in [2.45, 2.75) is 19.4 Å². The highest BCUT2D eigenvalue weighted by molar-refractivity contribution is 5.92. The van der Waals surface area contributed by atoms with E-state index in [0.29, 0.717) is 24.7 Å². The van der Waals surface area contributed by atoms with Crippen LogP contribution in [-0.4, -0.2) is 50.2 Å². The molecule has 1 saturated heterocycles. The van der Waals surface area contributed by atoms with E-state index in [1.807, 2.05) is 6.92 Å². The summed E-state index contributed by atoms with van der Waals surface area (Å²) < 4.78 is 5.71. The summed E-state index contributed by atoms with van der Waals surface area (Å²) in [6.07, 6.45) is 5.39. The minimum absolute atomic E-state index is 0.0657. The van der Waals surface area contributed by atoms with Gasteiger partial charge in [0.05, 0.1) is 18.4 Å². The van der Waals surface area contributed by atoms with Crippen LogP contribution >= 0.6 is 0 Å². The van der Waals surface area contributed by atoms with Crippen LogP contribution in [0.3, 0.4) is 0 Å². The van der Waals surface area contributed by atoms with Gasteiger partial charge in [-0.1, -0.05) is 0 Å². The van der Waals surface area contributed by atoms with E-state index < -0.39 is 0 Å². The van der Waals surface area contributed by atoms with Crippen molar-refractivity contribution >= 4 is 5.91 Å². The molecule has 0 aromatic carbocycles. The molecule has 21 heavy (non-hydrogen) atoms. The monoisotopic (exact) mass is 285 g/mol. The van der Waals surface area contributed by atoms with Crippen LogP contribution in [-0.2, 0) is 0 Å². The van der Waals surface area contributed by atoms with Crippen molar-refractivity contribution in [3.8, 4) is 5.88 Å². The first-order chi connectivity index (χ1) is 10.2. The summed E-state index contributed by atoms with van der Waals surface area (Å²) in [7, 11) is 0. The molecule has 2 aromatic heterocycles. The quantitative estimate of drug-likeness (QED) is 0.832. The van der Waals surface area contributed by atoms with Crippen LogP contribution in [0, 0.1) is 6.92 Å². The van der Waals surface area contributed by atoms with E-state index in [0.717, 1.165) is 12.1 Å². The van der Waals surface area contributed by atoms with E-state index in [9.17, 15) is 4.79 Å². The van der Waals surface area contributed by atoms with Crippen molar-refractivity contribution in [2.75, 3.05) is 13.1 Å². The lowest BCUT2D eigenvalue weighted by molar-refractivity contribution is 0.0764. The molecule has 3 rings (SSSR count). The number of aromatic nitrogens is 4. The maximum atomic E-state index is 12.3. The molecular weight excluding hydrogens is 270 g/mol. The Bertz CT molecular complexity index is 617. The zero-order valence-electron chi connectivity index (χ0n) is 11.6. The molecule has 3 heterocycles. The molecule has 1 aliphatic rings. The molecule has 0 bridgehead atoms. The van der Waals surface area contributed by atoms with Gasteiger partial charge >= 0.3 is 0 Å². The Morgan fingerprint density at radius 1 is 1.38 bits per heavy atom. The Balaban J connectivity index is 1.61. The topological polar surface area (TPSA) is 81.1 Å². The zero-order valence-corrected chi connectivity index (χ0v) is 11.6. The number of carbonyl (C=O) groups is 1. The number of likely N-dealkylation sites (tertiary alicyclic amines) is 1. The standard InChI is InChI=1S/C14H15N5O2/c1-10-7-16-12(8-15-10)14(20)19-6-4-11(9-19)21-13-3-2-5-17-18-13/h2-3,5,7-8,11H,4,6,9H2,1H3/t11-/m1/s1. The van der Waals surface area contributed by atoms with E-state index in [1.165, 1.54) is 6.20 Å². The number of ether oxygens (including phenoxy) is 1. The molecule has 0 saturated carbocycles. The van der Waals surface area contributed by atoms with Gasteiger partial charge < -0.3 is 9.64 Å². The average Bonchev–Trinajstić information content (AvgIpc) is 2.97. The second-order valence-corrected chi connectivity index (χ2v) is 4.88. The lowest BCUT2D eigenvalue weighted by Crippen LogP contribution is -2.31. The van der Waals surface area contributed by atoms with Gasteiger partial charge in [0, 0.05) is 31.4 Å². The average molecular weight is 285 g/mol. The minimum atomic E-state index is -0.118. The summed E-state index contributed by atoms with van der Waals surface area (Å²) in [5, 5.41) is 7.64. The molecule has 1 fully saturated rings. The van der Waals surface area contributed by atoms with Crippen molar-refractivity contribution in [2.24, 2.45) is 0 Å². The zero-order chi connectivity index (χ0) is 14.7. The Morgan fingerprint density at radius 2 is 2.29 bits per heavy atom. The molecule has 0 spiro atoms. The normalized spacial score (nSPS) is 17.8. The number of nitrogens with zero attached hydrogens (tertiary/aromatic N) is 5. The third kappa shape index (κ3) is 3.13. The number of hydrogen-bond donors (Lipinski definition) is 0. The predicted octanol–water partition coefficient (Wildman–Crippen LogP) is 0.869. The summed E-state index contributed by atoms with van der Waals surface area (Å²) in [5.74, 6) is 0.361. The first-order valence-corrected chi connectivity index (χ1v) is 6.74. The highest BCUT2D eigenvalue weighted by Gasteiger charge is 2.29. The van der Waals surface area contributed by atoms with Crippen LogP contribution in [0.2, 0.25) is 0 Å². The van der Waals surface area contributed by atoms with Crippen LogP contribution in [0.1, 0.15) is 22.6 Å². The minimum Gasteiger partial charge on any atom is -0.471 e. The number of amides is 1. The molecule has 1 atom stereocenters. The molecule has 108 valence electrons. The number of rotatable bonds is 3. The van der Waals surface area contributed by atoms with Crippen LogP contribution in [0.15, 0.2) is 30.7 Å². The Hall–Kier alpha value is -2.57. The smallest absolute Gasteiger partial charge is 0.274 e. The van der Waals surface area contributed by atoms with Gasteiger partial charge in [-0.15, -0.1) is 5.10 Å².